The zero-order valence-electron chi connectivity index (χ0n) is 17.7. The van der Waals surface area contributed by atoms with E-state index in [1.165, 1.54) is 4.31 Å². The van der Waals surface area contributed by atoms with Crippen LogP contribution in [-0.4, -0.2) is 36.9 Å². The zero-order chi connectivity index (χ0) is 21.3. The van der Waals surface area contributed by atoms with Crippen LogP contribution in [0, 0.1) is 26.7 Å². The van der Waals surface area contributed by atoms with Crippen molar-refractivity contribution in [2.45, 2.75) is 58.3 Å². The lowest BCUT2D eigenvalue weighted by molar-refractivity contribution is -0.120. The van der Waals surface area contributed by atoms with E-state index in [0.29, 0.717) is 43.3 Å². The molecule has 0 bridgehead atoms. The van der Waals surface area contributed by atoms with Crippen LogP contribution < -0.4 is 5.32 Å². The molecule has 1 saturated heterocycles. The highest BCUT2D eigenvalue weighted by molar-refractivity contribution is 7.89. The molecule has 2 aromatic rings. The minimum atomic E-state index is -3.67. The fraction of sp³-hybridized carbons (Fsp3) is 0.524. The number of sulfonamides is 1. The van der Waals surface area contributed by atoms with Gasteiger partial charge in [0, 0.05) is 24.7 Å². The maximum absolute atomic E-state index is 12.9. The molecule has 1 amide bonds. The summed E-state index contributed by atoms with van der Waals surface area (Å²) in [5, 5.41) is 6.85. The zero-order valence-corrected chi connectivity index (χ0v) is 18.5. The van der Waals surface area contributed by atoms with Crippen molar-refractivity contribution in [3.63, 3.8) is 0 Å². The Bertz CT molecular complexity index is 983. The number of amides is 1. The molecule has 8 heteroatoms. The van der Waals surface area contributed by atoms with Crippen molar-refractivity contribution in [1.82, 2.24) is 9.46 Å². The standard InChI is InChI=1S/C21H29N3O4S/c1-13(2)18-8-6-7-14(3)19(18)22-21(25)17-9-11-24(12-10-17)29(26,27)20-15(4)23-28-16(20)5/h6-8,13,17H,9-12H2,1-5H3,(H,22,25). The second kappa shape index (κ2) is 8.28. The van der Waals surface area contributed by atoms with Crippen LogP contribution in [0.25, 0.3) is 0 Å². The monoisotopic (exact) mass is 419 g/mol. The van der Waals surface area contributed by atoms with Crippen LogP contribution in [0.15, 0.2) is 27.6 Å². The Kier molecular flexibility index (Phi) is 6.14. The molecule has 0 aliphatic carbocycles. The average Bonchev–Trinajstić information content (AvgIpc) is 3.02. The number of hydrogen-bond acceptors (Lipinski definition) is 5. The van der Waals surface area contributed by atoms with Gasteiger partial charge < -0.3 is 9.84 Å². The molecule has 0 unspecified atom stereocenters. The van der Waals surface area contributed by atoms with E-state index < -0.39 is 10.0 Å². The summed E-state index contributed by atoms with van der Waals surface area (Å²) in [5.74, 6) is 0.330. The summed E-state index contributed by atoms with van der Waals surface area (Å²) in [6.45, 7) is 10.0. The predicted molar refractivity (Wildman–Crippen MR) is 111 cm³/mol. The number of para-hydroxylation sites is 1. The van der Waals surface area contributed by atoms with Gasteiger partial charge in [-0.3, -0.25) is 4.79 Å². The van der Waals surface area contributed by atoms with E-state index in [0.717, 1.165) is 16.8 Å². The summed E-state index contributed by atoms with van der Waals surface area (Å²) in [6.07, 6.45) is 0.967. The van der Waals surface area contributed by atoms with Gasteiger partial charge in [0.2, 0.25) is 15.9 Å². The normalized spacial score (nSPS) is 16.3. The van der Waals surface area contributed by atoms with Gasteiger partial charge in [0.1, 0.15) is 10.6 Å². The van der Waals surface area contributed by atoms with Gasteiger partial charge >= 0.3 is 0 Å². The van der Waals surface area contributed by atoms with Crippen molar-refractivity contribution in [3.8, 4) is 0 Å². The summed E-state index contributed by atoms with van der Waals surface area (Å²) < 4.78 is 32.3. The van der Waals surface area contributed by atoms with Gasteiger partial charge in [0.05, 0.1) is 0 Å². The number of nitrogens with zero attached hydrogens (tertiary/aromatic N) is 2. The van der Waals surface area contributed by atoms with Crippen LogP contribution in [0.5, 0.6) is 0 Å². The fourth-order valence-corrected chi connectivity index (χ4v) is 5.66. The summed E-state index contributed by atoms with van der Waals surface area (Å²) in [7, 11) is -3.67. The Labute approximate surface area is 172 Å². The van der Waals surface area contributed by atoms with E-state index >= 15 is 0 Å². The van der Waals surface area contributed by atoms with Crippen molar-refractivity contribution >= 4 is 21.6 Å². The van der Waals surface area contributed by atoms with E-state index in [-0.39, 0.29) is 16.7 Å². The number of carbonyl (C=O) groups is 1. The van der Waals surface area contributed by atoms with E-state index in [4.69, 9.17) is 4.52 Å². The van der Waals surface area contributed by atoms with Gasteiger partial charge in [0.15, 0.2) is 5.76 Å². The van der Waals surface area contributed by atoms with Crippen molar-refractivity contribution < 1.29 is 17.7 Å². The second-order valence-corrected chi connectivity index (χ2v) is 9.89. The third kappa shape index (κ3) is 4.23. The van der Waals surface area contributed by atoms with Gasteiger partial charge in [-0.05, 0) is 50.7 Å². The number of carbonyl (C=O) groups excluding carboxylic acids is 1. The Morgan fingerprint density at radius 1 is 1.21 bits per heavy atom. The minimum absolute atomic E-state index is 0.0458. The molecule has 1 aromatic carbocycles. The third-order valence-electron chi connectivity index (χ3n) is 5.57. The first-order valence-corrected chi connectivity index (χ1v) is 11.4. The van der Waals surface area contributed by atoms with Gasteiger partial charge in [-0.1, -0.05) is 37.2 Å². The first kappa shape index (κ1) is 21.5. The predicted octanol–water partition coefficient (Wildman–Crippen LogP) is 3.76. The molecule has 0 atom stereocenters. The van der Waals surface area contributed by atoms with Crippen LogP contribution >= 0.6 is 0 Å². The van der Waals surface area contributed by atoms with Crippen molar-refractivity contribution in [2.24, 2.45) is 5.92 Å². The van der Waals surface area contributed by atoms with Crippen LogP contribution in [0.2, 0.25) is 0 Å². The Morgan fingerprint density at radius 2 is 1.86 bits per heavy atom. The molecule has 2 heterocycles. The molecule has 7 nitrogen and oxygen atoms in total. The first-order chi connectivity index (χ1) is 13.6. The smallest absolute Gasteiger partial charge is 0.248 e. The molecule has 1 aliphatic rings. The number of aromatic nitrogens is 1. The average molecular weight is 420 g/mol. The quantitative estimate of drug-likeness (QED) is 0.796. The van der Waals surface area contributed by atoms with E-state index in [1.807, 2.05) is 25.1 Å². The van der Waals surface area contributed by atoms with Crippen molar-refractivity contribution in [3.05, 3.63) is 40.8 Å². The van der Waals surface area contributed by atoms with E-state index in [2.05, 4.69) is 24.3 Å². The number of hydrogen-bond donors (Lipinski definition) is 1. The lowest BCUT2D eigenvalue weighted by Gasteiger charge is -2.30. The molecule has 1 fully saturated rings. The van der Waals surface area contributed by atoms with Crippen LogP contribution in [0.3, 0.4) is 0 Å². The number of anilines is 1. The molecule has 0 spiro atoms. The molecular formula is C21H29N3O4S. The molecule has 0 radical (unpaired) electrons. The highest BCUT2D eigenvalue weighted by Crippen LogP contribution is 2.31. The summed E-state index contributed by atoms with van der Waals surface area (Å²) >= 11 is 0. The van der Waals surface area contributed by atoms with Crippen molar-refractivity contribution in [2.75, 3.05) is 18.4 Å². The summed E-state index contributed by atoms with van der Waals surface area (Å²) in [4.78, 5) is 13.0. The molecule has 29 heavy (non-hydrogen) atoms. The lowest BCUT2D eigenvalue weighted by atomic mass is 9.95. The molecule has 1 N–H and O–H groups in total. The third-order valence-corrected chi connectivity index (χ3v) is 7.71. The molecule has 158 valence electrons. The molecule has 1 aromatic heterocycles. The maximum atomic E-state index is 12.9. The number of piperidine rings is 1. The lowest BCUT2D eigenvalue weighted by Crippen LogP contribution is -2.41. The van der Waals surface area contributed by atoms with Crippen molar-refractivity contribution in [1.29, 1.82) is 0 Å². The first-order valence-electron chi connectivity index (χ1n) is 9.96. The fourth-order valence-electron chi connectivity index (χ4n) is 3.90. The number of rotatable bonds is 5. The number of nitrogens with one attached hydrogen (secondary N) is 1. The van der Waals surface area contributed by atoms with E-state index in [9.17, 15) is 13.2 Å². The van der Waals surface area contributed by atoms with Crippen LogP contribution in [0.1, 0.15) is 55.2 Å². The minimum Gasteiger partial charge on any atom is -0.360 e. The second-order valence-electron chi connectivity index (χ2n) is 8.01. The Hall–Kier alpha value is -2.19. The highest BCUT2D eigenvalue weighted by atomic mass is 32.2. The molecular weight excluding hydrogens is 390 g/mol. The van der Waals surface area contributed by atoms with Crippen LogP contribution in [0.4, 0.5) is 5.69 Å². The number of benzene rings is 1. The van der Waals surface area contributed by atoms with Gasteiger partial charge in [-0.25, -0.2) is 8.42 Å². The highest BCUT2D eigenvalue weighted by Gasteiger charge is 2.35. The van der Waals surface area contributed by atoms with E-state index in [1.54, 1.807) is 13.8 Å². The summed E-state index contributed by atoms with van der Waals surface area (Å²) in [5.41, 5.74) is 3.38. The maximum Gasteiger partial charge on any atom is 0.248 e. The van der Waals surface area contributed by atoms with Gasteiger partial charge in [-0.2, -0.15) is 4.31 Å². The largest absolute Gasteiger partial charge is 0.360 e. The SMILES string of the molecule is Cc1cccc(C(C)C)c1NC(=O)C1CCN(S(=O)(=O)c2c(C)noc2C)CC1. The summed E-state index contributed by atoms with van der Waals surface area (Å²) in [6, 6.07) is 6.02. The Balaban J connectivity index is 1.70. The Morgan fingerprint density at radius 3 is 2.41 bits per heavy atom. The van der Waals surface area contributed by atoms with Gasteiger partial charge in [0.25, 0.3) is 0 Å². The number of aryl methyl sites for hydroxylation is 3. The molecule has 0 saturated carbocycles. The van der Waals surface area contributed by atoms with Crippen LogP contribution in [-0.2, 0) is 14.8 Å². The topological polar surface area (TPSA) is 92.5 Å². The van der Waals surface area contributed by atoms with Gasteiger partial charge in [-0.15, -0.1) is 0 Å². The molecule has 1 aliphatic heterocycles. The molecule has 3 rings (SSSR count).